The highest BCUT2D eigenvalue weighted by atomic mass is 79.9. The number of hydrogen-bond acceptors (Lipinski definition) is 5. The first kappa shape index (κ1) is 16.9. The zero-order chi connectivity index (χ0) is 15.4. The van der Waals surface area contributed by atoms with Gasteiger partial charge in [0.05, 0.1) is 35.8 Å². The topological polar surface area (TPSA) is 78.0 Å². The summed E-state index contributed by atoms with van der Waals surface area (Å²) in [4.78, 5) is 4.40. The van der Waals surface area contributed by atoms with Crippen molar-refractivity contribution in [3.05, 3.63) is 43.8 Å². The van der Waals surface area contributed by atoms with E-state index in [0.29, 0.717) is 18.2 Å². The first-order valence-corrected chi connectivity index (χ1v) is 8.02. The van der Waals surface area contributed by atoms with Gasteiger partial charge < -0.3 is 4.74 Å². The van der Waals surface area contributed by atoms with Crippen molar-refractivity contribution < 1.29 is 4.74 Å². The molecule has 1 atom stereocenters. The maximum atomic E-state index is 6.26. The van der Waals surface area contributed by atoms with Gasteiger partial charge in [-0.15, -0.1) is 0 Å². The summed E-state index contributed by atoms with van der Waals surface area (Å²) in [6.07, 6.45) is 3.29. The highest BCUT2D eigenvalue weighted by Gasteiger charge is 2.24. The van der Waals surface area contributed by atoms with Gasteiger partial charge in [0.1, 0.15) is 6.04 Å². The van der Waals surface area contributed by atoms with Gasteiger partial charge in [-0.25, -0.2) is 5.43 Å². The number of aromatic nitrogens is 3. The van der Waals surface area contributed by atoms with Crippen LogP contribution in [-0.2, 0) is 11.3 Å². The molecule has 0 amide bonds. The summed E-state index contributed by atoms with van der Waals surface area (Å²) in [5, 5.41) is 4.77. The summed E-state index contributed by atoms with van der Waals surface area (Å²) < 4.78 is 8.52. The molecule has 0 saturated carbocycles. The standard InChI is InChI=1S/C12H14Br2ClN5O/c1-21-3-2-20-12(9(15)6-18-20)11(19-16)10-8(14)4-7(13)5-17-10/h4-6,11,19H,2-3,16H2,1H3. The molecular formula is C12H14Br2ClN5O. The van der Waals surface area contributed by atoms with E-state index in [1.807, 2.05) is 6.07 Å². The van der Waals surface area contributed by atoms with Crippen molar-refractivity contribution in [2.24, 2.45) is 5.84 Å². The number of pyridine rings is 1. The number of ether oxygens (including phenoxy) is 1. The van der Waals surface area contributed by atoms with Crippen LogP contribution in [0.3, 0.4) is 0 Å². The molecule has 0 aliphatic rings. The number of hydrogen-bond donors (Lipinski definition) is 2. The molecule has 0 aliphatic heterocycles. The lowest BCUT2D eigenvalue weighted by Gasteiger charge is -2.19. The third-order valence-electron chi connectivity index (χ3n) is 2.89. The Morgan fingerprint density at radius 1 is 1.48 bits per heavy atom. The van der Waals surface area contributed by atoms with Crippen molar-refractivity contribution in [1.82, 2.24) is 20.2 Å². The minimum atomic E-state index is -0.390. The minimum Gasteiger partial charge on any atom is -0.383 e. The van der Waals surface area contributed by atoms with Crippen LogP contribution < -0.4 is 11.3 Å². The van der Waals surface area contributed by atoms with E-state index in [4.69, 9.17) is 22.2 Å². The highest BCUT2D eigenvalue weighted by molar-refractivity contribution is 9.11. The van der Waals surface area contributed by atoms with E-state index in [1.54, 1.807) is 24.2 Å². The summed E-state index contributed by atoms with van der Waals surface area (Å²) in [7, 11) is 1.64. The number of nitrogens with zero attached hydrogens (tertiary/aromatic N) is 3. The fourth-order valence-electron chi connectivity index (χ4n) is 1.94. The summed E-state index contributed by atoms with van der Waals surface area (Å²) in [5.41, 5.74) is 4.21. The maximum Gasteiger partial charge on any atom is 0.107 e. The molecule has 0 spiro atoms. The molecule has 0 aliphatic carbocycles. The summed E-state index contributed by atoms with van der Waals surface area (Å²) in [6, 6.07) is 1.51. The van der Waals surface area contributed by atoms with Crippen molar-refractivity contribution in [2.45, 2.75) is 12.6 Å². The Morgan fingerprint density at radius 2 is 2.24 bits per heavy atom. The number of hydrazine groups is 1. The molecule has 2 aromatic rings. The van der Waals surface area contributed by atoms with Crippen LogP contribution in [0.25, 0.3) is 0 Å². The van der Waals surface area contributed by atoms with E-state index in [9.17, 15) is 0 Å². The Balaban J connectivity index is 2.43. The molecule has 0 aromatic carbocycles. The zero-order valence-electron chi connectivity index (χ0n) is 11.2. The summed E-state index contributed by atoms with van der Waals surface area (Å²) >= 11 is 13.1. The highest BCUT2D eigenvalue weighted by Crippen LogP contribution is 2.31. The van der Waals surface area contributed by atoms with E-state index in [2.05, 4.69) is 47.4 Å². The van der Waals surface area contributed by atoms with Crippen molar-refractivity contribution in [3.63, 3.8) is 0 Å². The first-order chi connectivity index (χ1) is 10.1. The van der Waals surface area contributed by atoms with E-state index < -0.39 is 0 Å². The smallest absolute Gasteiger partial charge is 0.107 e. The second kappa shape index (κ2) is 7.66. The van der Waals surface area contributed by atoms with Crippen molar-refractivity contribution in [3.8, 4) is 0 Å². The van der Waals surface area contributed by atoms with Gasteiger partial charge in [-0.1, -0.05) is 11.6 Å². The second-order valence-corrected chi connectivity index (χ2v) is 6.39. The SMILES string of the molecule is COCCn1ncc(Cl)c1C(NN)c1ncc(Br)cc1Br. The molecule has 2 rings (SSSR count). The molecule has 9 heteroatoms. The zero-order valence-corrected chi connectivity index (χ0v) is 15.1. The van der Waals surface area contributed by atoms with Gasteiger partial charge in [-0.05, 0) is 37.9 Å². The van der Waals surface area contributed by atoms with Gasteiger partial charge in [0.15, 0.2) is 0 Å². The fourth-order valence-corrected chi connectivity index (χ4v) is 3.41. The monoisotopic (exact) mass is 437 g/mol. The second-order valence-electron chi connectivity index (χ2n) is 4.21. The lowest BCUT2D eigenvalue weighted by Crippen LogP contribution is -2.32. The molecule has 2 heterocycles. The van der Waals surface area contributed by atoms with Crippen LogP contribution >= 0.6 is 43.5 Å². The Hall–Kier alpha value is -0.510. The molecule has 0 radical (unpaired) electrons. The molecule has 21 heavy (non-hydrogen) atoms. The van der Waals surface area contributed by atoms with Crippen LogP contribution in [0.5, 0.6) is 0 Å². The Morgan fingerprint density at radius 3 is 2.86 bits per heavy atom. The van der Waals surface area contributed by atoms with Crippen LogP contribution in [-0.4, -0.2) is 28.5 Å². The third kappa shape index (κ3) is 3.82. The Labute approximate surface area is 144 Å². The van der Waals surface area contributed by atoms with Crippen molar-refractivity contribution in [1.29, 1.82) is 0 Å². The minimum absolute atomic E-state index is 0.390. The Kier molecular flexibility index (Phi) is 6.15. The summed E-state index contributed by atoms with van der Waals surface area (Å²) in [6.45, 7) is 1.10. The maximum absolute atomic E-state index is 6.26. The van der Waals surface area contributed by atoms with Crippen LogP contribution in [0.2, 0.25) is 5.02 Å². The quantitative estimate of drug-likeness (QED) is 0.535. The number of halogens is 3. The van der Waals surface area contributed by atoms with E-state index >= 15 is 0 Å². The van der Waals surface area contributed by atoms with Crippen LogP contribution in [0, 0.1) is 0 Å². The molecular weight excluding hydrogens is 425 g/mol. The lowest BCUT2D eigenvalue weighted by atomic mass is 10.1. The number of nitrogens with one attached hydrogen (secondary N) is 1. The van der Waals surface area contributed by atoms with Gasteiger partial charge in [0.2, 0.25) is 0 Å². The van der Waals surface area contributed by atoms with Crippen LogP contribution in [0.4, 0.5) is 0 Å². The van der Waals surface area contributed by atoms with E-state index in [-0.39, 0.29) is 6.04 Å². The number of methoxy groups -OCH3 is 1. The van der Waals surface area contributed by atoms with E-state index in [0.717, 1.165) is 20.3 Å². The molecule has 1 unspecified atom stereocenters. The molecule has 0 bridgehead atoms. The van der Waals surface area contributed by atoms with Gasteiger partial charge in [-0.3, -0.25) is 15.5 Å². The summed E-state index contributed by atoms with van der Waals surface area (Å²) in [5.74, 6) is 5.72. The lowest BCUT2D eigenvalue weighted by molar-refractivity contribution is 0.182. The predicted molar refractivity (Wildman–Crippen MR) is 87.9 cm³/mol. The van der Waals surface area contributed by atoms with Gasteiger partial charge >= 0.3 is 0 Å². The third-order valence-corrected chi connectivity index (χ3v) is 4.25. The average molecular weight is 440 g/mol. The first-order valence-electron chi connectivity index (χ1n) is 6.05. The molecule has 3 N–H and O–H groups in total. The number of nitrogens with two attached hydrogens (primary N) is 1. The fraction of sp³-hybridized carbons (Fsp3) is 0.333. The van der Waals surface area contributed by atoms with E-state index in [1.165, 1.54) is 0 Å². The predicted octanol–water partition coefficient (Wildman–Crippen LogP) is 2.66. The molecule has 114 valence electrons. The molecule has 0 fully saturated rings. The van der Waals surface area contributed by atoms with Gasteiger partial charge in [0, 0.05) is 22.3 Å². The molecule has 0 saturated heterocycles. The normalized spacial score (nSPS) is 12.6. The van der Waals surface area contributed by atoms with Crippen molar-refractivity contribution in [2.75, 3.05) is 13.7 Å². The van der Waals surface area contributed by atoms with Gasteiger partial charge in [0.25, 0.3) is 0 Å². The largest absolute Gasteiger partial charge is 0.383 e. The van der Waals surface area contributed by atoms with Crippen molar-refractivity contribution >= 4 is 43.5 Å². The Bertz CT molecular complexity index is 622. The van der Waals surface area contributed by atoms with Gasteiger partial charge in [-0.2, -0.15) is 5.10 Å². The molecule has 6 nitrogen and oxygen atoms in total. The molecule has 2 aromatic heterocycles. The average Bonchev–Trinajstić information content (AvgIpc) is 2.81. The van der Waals surface area contributed by atoms with Crippen LogP contribution in [0.15, 0.2) is 27.4 Å². The van der Waals surface area contributed by atoms with Crippen LogP contribution in [0.1, 0.15) is 17.4 Å². The number of rotatable bonds is 6.